The van der Waals surface area contributed by atoms with E-state index in [2.05, 4.69) is 11.8 Å². The molecule has 0 aromatic heterocycles. The zero-order valence-corrected chi connectivity index (χ0v) is 11.9. The van der Waals surface area contributed by atoms with Crippen molar-refractivity contribution in [2.45, 2.75) is 31.8 Å². The second-order valence-corrected chi connectivity index (χ2v) is 7.74. The standard InChI is InChI=1S/C12H21NO5S/c1-9-7-18-4-2-11(9)13-3-5-19(16,17)8-10(13)6-12(14)15/h9-11H,2-8H2,1H3,(H,14,15). The summed E-state index contributed by atoms with van der Waals surface area (Å²) in [6.45, 7) is 3.84. The van der Waals surface area contributed by atoms with Crippen molar-refractivity contribution in [1.82, 2.24) is 4.90 Å². The van der Waals surface area contributed by atoms with E-state index in [1.54, 1.807) is 0 Å². The Hall–Kier alpha value is -0.660. The van der Waals surface area contributed by atoms with Gasteiger partial charge in [-0.3, -0.25) is 9.69 Å². The maximum absolute atomic E-state index is 11.7. The minimum Gasteiger partial charge on any atom is -0.481 e. The van der Waals surface area contributed by atoms with Crippen molar-refractivity contribution in [2.24, 2.45) is 5.92 Å². The molecule has 0 aliphatic carbocycles. The van der Waals surface area contributed by atoms with Gasteiger partial charge in [0.25, 0.3) is 0 Å². The van der Waals surface area contributed by atoms with Crippen molar-refractivity contribution < 1.29 is 23.1 Å². The molecule has 0 aromatic carbocycles. The number of carboxylic acid groups (broad SMARTS) is 1. The summed E-state index contributed by atoms with van der Waals surface area (Å²) in [4.78, 5) is 13.0. The van der Waals surface area contributed by atoms with Crippen LogP contribution in [0, 0.1) is 5.92 Å². The molecule has 0 aromatic rings. The van der Waals surface area contributed by atoms with E-state index in [1.165, 1.54) is 0 Å². The number of sulfone groups is 1. The number of rotatable bonds is 3. The van der Waals surface area contributed by atoms with Gasteiger partial charge in [-0.05, 0) is 12.3 Å². The van der Waals surface area contributed by atoms with Crippen LogP contribution in [0.3, 0.4) is 0 Å². The fourth-order valence-electron chi connectivity index (χ4n) is 3.08. The molecule has 2 heterocycles. The van der Waals surface area contributed by atoms with Crippen molar-refractivity contribution in [3.63, 3.8) is 0 Å². The zero-order chi connectivity index (χ0) is 14.0. The van der Waals surface area contributed by atoms with Crippen LogP contribution in [0.1, 0.15) is 19.8 Å². The molecule has 0 radical (unpaired) electrons. The summed E-state index contributed by atoms with van der Waals surface area (Å²) in [6, 6.07) is -0.171. The molecule has 3 unspecified atom stereocenters. The lowest BCUT2D eigenvalue weighted by Gasteiger charge is -2.44. The first-order valence-corrected chi connectivity index (χ1v) is 8.47. The molecule has 0 saturated carbocycles. The van der Waals surface area contributed by atoms with E-state index in [4.69, 9.17) is 9.84 Å². The number of ether oxygens (including phenoxy) is 1. The Labute approximate surface area is 113 Å². The number of carbonyl (C=O) groups is 1. The summed E-state index contributed by atoms with van der Waals surface area (Å²) >= 11 is 0. The number of aliphatic carboxylic acids is 1. The van der Waals surface area contributed by atoms with E-state index in [0.29, 0.717) is 25.7 Å². The van der Waals surface area contributed by atoms with Crippen LogP contribution in [0.25, 0.3) is 0 Å². The number of hydrogen-bond donors (Lipinski definition) is 1. The summed E-state index contributed by atoms with van der Waals surface area (Å²) in [5.74, 6) is -0.533. The summed E-state index contributed by atoms with van der Waals surface area (Å²) < 4.78 is 28.8. The van der Waals surface area contributed by atoms with Gasteiger partial charge in [0, 0.05) is 25.2 Å². The van der Waals surface area contributed by atoms with Crippen LogP contribution in [-0.4, -0.2) is 67.7 Å². The molecule has 2 fully saturated rings. The van der Waals surface area contributed by atoms with Crippen molar-refractivity contribution in [1.29, 1.82) is 0 Å². The Bertz CT molecular complexity index is 435. The molecule has 7 heteroatoms. The highest BCUT2D eigenvalue weighted by molar-refractivity contribution is 7.91. The Kier molecular flexibility index (Phi) is 4.47. The maximum atomic E-state index is 11.7. The highest BCUT2D eigenvalue weighted by Gasteiger charge is 2.39. The van der Waals surface area contributed by atoms with Crippen LogP contribution in [-0.2, 0) is 19.4 Å². The molecule has 0 spiro atoms. The Morgan fingerprint density at radius 1 is 1.47 bits per heavy atom. The first-order chi connectivity index (χ1) is 8.89. The quantitative estimate of drug-likeness (QED) is 0.787. The third-order valence-electron chi connectivity index (χ3n) is 4.01. The lowest BCUT2D eigenvalue weighted by Crippen LogP contribution is -2.57. The first kappa shape index (κ1) is 14.7. The lowest BCUT2D eigenvalue weighted by molar-refractivity contribution is -0.138. The predicted octanol–water partition coefficient (Wildman–Crippen LogP) is -0.0149. The van der Waals surface area contributed by atoms with E-state index in [1.807, 2.05) is 0 Å². The summed E-state index contributed by atoms with van der Waals surface area (Å²) in [7, 11) is -3.10. The third kappa shape index (κ3) is 3.67. The van der Waals surface area contributed by atoms with Crippen LogP contribution in [0.2, 0.25) is 0 Å². The second kappa shape index (κ2) is 5.76. The van der Waals surface area contributed by atoms with Gasteiger partial charge >= 0.3 is 5.97 Å². The van der Waals surface area contributed by atoms with E-state index >= 15 is 0 Å². The van der Waals surface area contributed by atoms with E-state index in [9.17, 15) is 13.2 Å². The molecule has 2 aliphatic rings. The minimum absolute atomic E-state index is 0.0383. The molecule has 0 amide bonds. The van der Waals surface area contributed by atoms with E-state index in [0.717, 1.165) is 6.42 Å². The number of carboxylic acids is 1. The molecule has 3 atom stereocenters. The molecule has 2 aliphatic heterocycles. The largest absolute Gasteiger partial charge is 0.481 e. The van der Waals surface area contributed by atoms with Crippen molar-refractivity contribution >= 4 is 15.8 Å². The van der Waals surface area contributed by atoms with Crippen molar-refractivity contribution in [3.8, 4) is 0 Å². The number of nitrogens with zero attached hydrogens (tertiary/aromatic N) is 1. The highest BCUT2D eigenvalue weighted by Crippen LogP contribution is 2.26. The topological polar surface area (TPSA) is 83.9 Å². The molecule has 1 N–H and O–H groups in total. The van der Waals surface area contributed by atoms with Crippen LogP contribution in [0.5, 0.6) is 0 Å². The van der Waals surface area contributed by atoms with Gasteiger partial charge in [-0.15, -0.1) is 0 Å². The normalized spacial score (nSPS) is 35.9. The first-order valence-electron chi connectivity index (χ1n) is 6.65. The molecule has 6 nitrogen and oxygen atoms in total. The second-order valence-electron chi connectivity index (χ2n) is 5.51. The Morgan fingerprint density at radius 2 is 2.21 bits per heavy atom. The van der Waals surface area contributed by atoms with Crippen molar-refractivity contribution in [2.75, 3.05) is 31.3 Å². The zero-order valence-electron chi connectivity index (χ0n) is 11.1. The van der Waals surface area contributed by atoms with Gasteiger partial charge in [-0.25, -0.2) is 8.42 Å². The monoisotopic (exact) mass is 291 g/mol. The maximum Gasteiger partial charge on any atom is 0.304 e. The van der Waals surface area contributed by atoms with Gasteiger partial charge < -0.3 is 9.84 Å². The van der Waals surface area contributed by atoms with Gasteiger partial charge in [-0.2, -0.15) is 0 Å². The molecule has 110 valence electrons. The molecule has 2 rings (SSSR count). The fourth-order valence-corrected chi connectivity index (χ4v) is 4.63. The summed E-state index contributed by atoms with van der Waals surface area (Å²) in [5, 5.41) is 8.97. The molecule has 2 saturated heterocycles. The lowest BCUT2D eigenvalue weighted by atomic mass is 9.94. The average Bonchev–Trinajstić information content (AvgIpc) is 2.29. The Morgan fingerprint density at radius 3 is 2.84 bits per heavy atom. The smallest absolute Gasteiger partial charge is 0.304 e. The van der Waals surface area contributed by atoms with Gasteiger partial charge in [0.15, 0.2) is 9.84 Å². The van der Waals surface area contributed by atoms with E-state index < -0.39 is 21.8 Å². The van der Waals surface area contributed by atoms with Gasteiger partial charge in [-0.1, -0.05) is 6.92 Å². The molecular weight excluding hydrogens is 270 g/mol. The molecule has 19 heavy (non-hydrogen) atoms. The van der Waals surface area contributed by atoms with Gasteiger partial charge in [0.05, 0.1) is 24.5 Å². The number of hydrogen-bond acceptors (Lipinski definition) is 5. The molecular formula is C12H21NO5S. The third-order valence-corrected chi connectivity index (χ3v) is 5.70. The van der Waals surface area contributed by atoms with E-state index in [-0.39, 0.29) is 24.0 Å². The minimum atomic E-state index is -3.10. The van der Waals surface area contributed by atoms with Gasteiger partial charge in [0.2, 0.25) is 0 Å². The Balaban J connectivity index is 2.14. The van der Waals surface area contributed by atoms with Gasteiger partial charge in [0.1, 0.15) is 0 Å². The highest BCUT2D eigenvalue weighted by atomic mass is 32.2. The van der Waals surface area contributed by atoms with Crippen LogP contribution >= 0.6 is 0 Å². The molecule has 0 bridgehead atoms. The van der Waals surface area contributed by atoms with Crippen LogP contribution < -0.4 is 0 Å². The van der Waals surface area contributed by atoms with Crippen LogP contribution in [0.15, 0.2) is 0 Å². The predicted molar refractivity (Wildman–Crippen MR) is 69.8 cm³/mol. The van der Waals surface area contributed by atoms with Crippen molar-refractivity contribution in [3.05, 3.63) is 0 Å². The summed E-state index contributed by atoms with van der Waals surface area (Å²) in [6.07, 6.45) is 0.737. The average molecular weight is 291 g/mol. The fraction of sp³-hybridized carbons (Fsp3) is 0.917. The SMILES string of the molecule is CC1COCCC1N1CCS(=O)(=O)CC1CC(=O)O. The van der Waals surface area contributed by atoms with Crippen LogP contribution in [0.4, 0.5) is 0 Å². The summed E-state index contributed by atoms with van der Waals surface area (Å²) in [5.41, 5.74) is 0.